The first-order valence-corrected chi connectivity index (χ1v) is 7.93. The van der Waals surface area contributed by atoms with E-state index in [1.165, 1.54) is 19.2 Å². The second-order valence-electron chi connectivity index (χ2n) is 5.77. The molecular formula is C21H18FNO2. The molecule has 0 radical (unpaired) electrons. The molecule has 0 fully saturated rings. The molecule has 25 heavy (non-hydrogen) atoms. The van der Waals surface area contributed by atoms with Crippen LogP contribution in [0.15, 0.2) is 54.6 Å². The zero-order chi connectivity index (χ0) is 18.0. The maximum Gasteiger partial charge on any atom is 0.340 e. The van der Waals surface area contributed by atoms with Gasteiger partial charge in [0.2, 0.25) is 0 Å². The number of methoxy groups -OCH3 is 1. The Bertz CT molecular complexity index is 919. The van der Waals surface area contributed by atoms with Gasteiger partial charge in [0, 0.05) is 16.8 Å². The second kappa shape index (κ2) is 6.85. The molecule has 1 aromatic heterocycles. The van der Waals surface area contributed by atoms with Crippen molar-refractivity contribution >= 4 is 5.97 Å². The van der Waals surface area contributed by atoms with E-state index >= 15 is 0 Å². The lowest BCUT2D eigenvalue weighted by atomic mass is 9.89. The van der Waals surface area contributed by atoms with E-state index in [0.29, 0.717) is 16.8 Å². The number of ether oxygens (including phenoxy) is 1. The van der Waals surface area contributed by atoms with Crippen molar-refractivity contribution in [2.45, 2.75) is 13.8 Å². The van der Waals surface area contributed by atoms with Crippen LogP contribution in [-0.4, -0.2) is 18.1 Å². The average Bonchev–Trinajstić information content (AvgIpc) is 2.62. The normalized spacial score (nSPS) is 10.6. The van der Waals surface area contributed by atoms with Crippen molar-refractivity contribution in [1.29, 1.82) is 0 Å². The first kappa shape index (κ1) is 16.8. The van der Waals surface area contributed by atoms with Gasteiger partial charge >= 0.3 is 5.97 Å². The molecule has 1 heterocycles. The highest BCUT2D eigenvalue weighted by Crippen LogP contribution is 2.38. The van der Waals surface area contributed by atoms with Crippen LogP contribution in [0.5, 0.6) is 0 Å². The molecule has 2 aromatic carbocycles. The number of carbonyl (C=O) groups excluding carboxylic acids is 1. The molecule has 3 aromatic rings. The number of rotatable bonds is 3. The molecule has 0 saturated carbocycles. The number of pyridine rings is 1. The minimum atomic E-state index is -0.457. The monoisotopic (exact) mass is 335 g/mol. The second-order valence-corrected chi connectivity index (χ2v) is 5.77. The maximum absolute atomic E-state index is 13.4. The van der Waals surface area contributed by atoms with E-state index < -0.39 is 5.97 Å². The quantitative estimate of drug-likeness (QED) is 0.635. The molecule has 0 spiro atoms. The molecule has 0 amide bonds. The van der Waals surface area contributed by atoms with Crippen molar-refractivity contribution in [3.05, 3.63) is 77.4 Å². The third-order valence-corrected chi connectivity index (χ3v) is 4.14. The fourth-order valence-corrected chi connectivity index (χ4v) is 3.07. The molecule has 0 unspecified atom stereocenters. The van der Waals surface area contributed by atoms with Gasteiger partial charge in [-0.1, -0.05) is 42.5 Å². The van der Waals surface area contributed by atoms with Gasteiger partial charge in [0.05, 0.1) is 18.4 Å². The van der Waals surface area contributed by atoms with E-state index in [4.69, 9.17) is 4.74 Å². The van der Waals surface area contributed by atoms with Crippen molar-refractivity contribution in [2.75, 3.05) is 7.11 Å². The predicted molar refractivity (Wildman–Crippen MR) is 95.9 cm³/mol. The molecule has 0 bridgehead atoms. The predicted octanol–water partition coefficient (Wildman–Crippen LogP) is 4.96. The lowest BCUT2D eigenvalue weighted by Crippen LogP contribution is -2.10. The van der Waals surface area contributed by atoms with Crippen molar-refractivity contribution in [1.82, 2.24) is 4.98 Å². The Labute approximate surface area is 146 Å². The van der Waals surface area contributed by atoms with Gasteiger partial charge in [0.15, 0.2) is 0 Å². The zero-order valence-electron chi connectivity index (χ0n) is 14.3. The van der Waals surface area contributed by atoms with E-state index in [-0.39, 0.29) is 5.82 Å². The van der Waals surface area contributed by atoms with Crippen LogP contribution in [-0.2, 0) is 4.74 Å². The highest BCUT2D eigenvalue weighted by atomic mass is 19.1. The fraction of sp³-hybridized carbons (Fsp3) is 0.143. The largest absolute Gasteiger partial charge is 0.465 e. The molecule has 126 valence electrons. The molecule has 0 aliphatic rings. The van der Waals surface area contributed by atoms with Crippen LogP contribution in [0.4, 0.5) is 4.39 Å². The van der Waals surface area contributed by atoms with Crippen molar-refractivity contribution in [2.24, 2.45) is 0 Å². The Morgan fingerprint density at radius 1 is 0.880 bits per heavy atom. The van der Waals surface area contributed by atoms with E-state index in [9.17, 15) is 9.18 Å². The van der Waals surface area contributed by atoms with Crippen LogP contribution in [0.1, 0.15) is 21.7 Å². The molecule has 0 aliphatic heterocycles. The summed E-state index contributed by atoms with van der Waals surface area (Å²) in [5, 5.41) is 0. The zero-order valence-corrected chi connectivity index (χ0v) is 14.3. The summed E-state index contributed by atoms with van der Waals surface area (Å²) in [6, 6.07) is 15.8. The number of carbonyl (C=O) groups is 1. The number of hydrogen-bond donors (Lipinski definition) is 0. The molecule has 4 heteroatoms. The van der Waals surface area contributed by atoms with Crippen molar-refractivity contribution < 1.29 is 13.9 Å². The van der Waals surface area contributed by atoms with Gasteiger partial charge in [-0.3, -0.25) is 4.98 Å². The fourth-order valence-electron chi connectivity index (χ4n) is 3.07. The standard InChI is InChI=1S/C21H18FNO2/c1-13-18(15-7-5-4-6-8-15)20(16-9-11-17(22)12-10-16)19(14(2)23-13)21(24)25-3/h4-12H,1-3H3. The third-order valence-electron chi connectivity index (χ3n) is 4.14. The SMILES string of the molecule is COC(=O)c1c(C)nc(C)c(-c2ccccc2)c1-c1ccc(F)cc1. The smallest absolute Gasteiger partial charge is 0.340 e. The van der Waals surface area contributed by atoms with Crippen LogP contribution < -0.4 is 0 Å². The molecule has 0 aliphatic carbocycles. The van der Waals surface area contributed by atoms with Crippen LogP contribution >= 0.6 is 0 Å². The summed E-state index contributed by atoms with van der Waals surface area (Å²) in [6.45, 7) is 3.68. The number of aromatic nitrogens is 1. The van der Waals surface area contributed by atoms with Gasteiger partial charge < -0.3 is 4.74 Å². The maximum atomic E-state index is 13.4. The molecule has 0 saturated heterocycles. The Kier molecular flexibility index (Phi) is 4.61. The minimum Gasteiger partial charge on any atom is -0.465 e. The number of nitrogens with zero attached hydrogens (tertiary/aromatic N) is 1. The number of esters is 1. The molecule has 0 atom stereocenters. The van der Waals surface area contributed by atoms with E-state index in [0.717, 1.165) is 22.4 Å². The van der Waals surface area contributed by atoms with Crippen molar-refractivity contribution in [3.8, 4) is 22.3 Å². The summed E-state index contributed by atoms with van der Waals surface area (Å²) in [5.74, 6) is -0.784. The number of hydrogen-bond acceptors (Lipinski definition) is 3. The highest BCUT2D eigenvalue weighted by Gasteiger charge is 2.23. The number of benzene rings is 2. The lowest BCUT2D eigenvalue weighted by Gasteiger charge is -2.18. The van der Waals surface area contributed by atoms with Gasteiger partial charge in [0.25, 0.3) is 0 Å². The Balaban J connectivity index is 2.42. The first-order valence-electron chi connectivity index (χ1n) is 7.93. The number of aryl methyl sites for hydroxylation is 2. The Hall–Kier alpha value is -3.01. The summed E-state index contributed by atoms with van der Waals surface area (Å²) in [7, 11) is 1.35. The molecular weight excluding hydrogens is 317 g/mol. The van der Waals surface area contributed by atoms with Crippen molar-refractivity contribution in [3.63, 3.8) is 0 Å². The highest BCUT2D eigenvalue weighted by molar-refractivity contribution is 6.03. The minimum absolute atomic E-state index is 0.327. The summed E-state index contributed by atoms with van der Waals surface area (Å²) in [6.07, 6.45) is 0. The van der Waals surface area contributed by atoms with Crippen LogP contribution in [0, 0.1) is 19.7 Å². The molecule has 3 nitrogen and oxygen atoms in total. The molecule has 0 N–H and O–H groups in total. The lowest BCUT2D eigenvalue weighted by molar-refractivity contribution is 0.0600. The van der Waals surface area contributed by atoms with Crippen LogP contribution in [0.3, 0.4) is 0 Å². The summed E-state index contributed by atoms with van der Waals surface area (Å²) in [4.78, 5) is 17.0. The summed E-state index contributed by atoms with van der Waals surface area (Å²) < 4.78 is 18.4. The first-order chi connectivity index (χ1) is 12.0. The van der Waals surface area contributed by atoms with Crippen LogP contribution in [0.2, 0.25) is 0 Å². The van der Waals surface area contributed by atoms with Gasteiger partial charge in [-0.15, -0.1) is 0 Å². The van der Waals surface area contributed by atoms with E-state index in [1.54, 1.807) is 19.1 Å². The van der Waals surface area contributed by atoms with E-state index in [1.807, 2.05) is 37.3 Å². The summed E-state index contributed by atoms with van der Waals surface area (Å²) in [5.41, 5.74) is 5.03. The van der Waals surface area contributed by atoms with Gasteiger partial charge in [-0.2, -0.15) is 0 Å². The van der Waals surface area contributed by atoms with Gasteiger partial charge in [-0.05, 0) is 37.1 Å². The summed E-state index contributed by atoms with van der Waals surface area (Å²) >= 11 is 0. The van der Waals surface area contributed by atoms with E-state index in [2.05, 4.69) is 4.98 Å². The van der Waals surface area contributed by atoms with Crippen LogP contribution in [0.25, 0.3) is 22.3 Å². The van der Waals surface area contributed by atoms with Gasteiger partial charge in [0.1, 0.15) is 5.82 Å². The Morgan fingerprint density at radius 3 is 2.08 bits per heavy atom. The average molecular weight is 335 g/mol. The Morgan fingerprint density at radius 2 is 1.48 bits per heavy atom. The third kappa shape index (κ3) is 3.15. The topological polar surface area (TPSA) is 39.2 Å². The number of halogens is 1. The van der Waals surface area contributed by atoms with Gasteiger partial charge in [-0.25, -0.2) is 9.18 Å². The molecule has 3 rings (SSSR count).